The minimum atomic E-state index is -0.667. The van der Waals surface area contributed by atoms with E-state index in [4.69, 9.17) is 15.9 Å². The molecule has 0 aliphatic rings. The van der Waals surface area contributed by atoms with E-state index in [2.05, 4.69) is 21.9 Å². The van der Waals surface area contributed by atoms with Crippen LogP contribution in [0.15, 0.2) is 22.7 Å². The summed E-state index contributed by atoms with van der Waals surface area (Å²) in [6.07, 6.45) is 6.33. The SMILES string of the molecule is C#CC(C)(C)OCCCC(C(=O)OC)c1cccc(Br)c1F. The maximum atomic E-state index is 14.2. The number of ether oxygens (including phenoxy) is 2. The lowest BCUT2D eigenvalue weighted by Crippen LogP contribution is -2.23. The predicted octanol–water partition coefficient (Wildman–Crippen LogP) is 4.05. The van der Waals surface area contributed by atoms with Crippen LogP contribution in [-0.4, -0.2) is 25.3 Å². The van der Waals surface area contributed by atoms with Crippen molar-refractivity contribution in [3.63, 3.8) is 0 Å². The average Bonchev–Trinajstić information content (AvgIpc) is 2.50. The summed E-state index contributed by atoms with van der Waals surface area (Å²) in [5, 5.41) is 0. The highest BCUT2D eigenvalue weighted by atomic mass is 79.9. The molecular formula is C17H20BrFO3. The molecule has 1 aromatic carbocycles. The van der Waals surface area contributed by atoms with E-state index in [0.717, 1.165) is 0 Å². The van der Waals surface area contributed by atoms with Crippen LogP contribution in [0.4, 0.5) is 4.39 Å². The van der Waals surface area contributed by atoms with Crippen molar-refractivity contribution in [2.24, 2.45) is 0 Å². The molecule has 22 heavy (non-hydrogen) atoms. The number of rotatable bonds is 7. The van der Waals surface area contributed by atoms with Crippen LogP contribution < -0.4 is 0 Å². The molecule has 0 radical (unpaired) electrons. The number of hydrogen-bond acceptors (Lipinski definition) is 3. The highest BCUT2D eigenvalue weighted by molar-refractivity contribution is 9.10. The van der Waals surface area contributed by atoms with Gasteiger partial charge in [-0.25, -0.2) is 4.39 Å². The Morgan fingerprint density at radius 2 is 2.18 bits per heavy atom. The summed E-state index contributed by atoms with van der Waals surface area (Å²) in [4.78, 5) is 11.9. The maximum absolute atomic E-state index is 14.2. The standard InChI is InChI=1S/C17H20BrFO3/c1-5-17(2,3)22-11-7-9-13(16(20)21-4)12-8-6-10-14(18)15(12)19/h1,6,8,10,13H,7,9,11H2,2-4H3. The first-order chi connectivity index (χ1) is 10.3. The Hall–Kier alpha value is -1.38. The lowest BCUT2D eigenvalue weighted by Gasteiger charge is -2.20. The Balaban J connectivity index is 2.77. The third kappa shape index (κ3) is 5.11. The topological polar surface area (TPSA) is 35.5 Å². The van der Waals surface area contributed by atoms with Crippen LogP contribution >= 0.6 is 15.9 Å². The number of carbonyl (C=O) groups is 1. The molecule has 0 aliphatic carbocycles. The Morgan fingerprint density at radius 3 is 2.77 bits per heavy atom. The van der Waals surface area contributed by atoms with E-state index in [9.17, 15) is 9.18 Å². The Bertz CT molecular complexity index is 564. The molecule has 120 valence electrons. The molecule has 0 saturated carbocycles. The second-order valence-electron chi connectivity index (χ2n) is 5.36. The Morgan fingerprint density at radius 1 is 1.50 bits per heavy atom. The quantitative estimate of drug-likeness (QED) is 0.412. The number of halogens is 2. The van der Waals surface area contributed by atoms with Crippen LogP contribution in [0.3, 0.4) is 0 Å². The molecule has 1 aromatic rings. The smallest absolute Gasteiger partial charge is 0.313 e. The fraction of sp³-hybridized carbons (Fsp3) is 0.471. The van der Waals surface area contributed by atoms with Crippen molar-refractivity contribution < 1.29 is 18.7 Å². The van der Waals surface area contributed by atoms with E-state index in [0.29, 0.717) is 29.5 Å². The predicted molar refractivity (Wildman–Crippen MR) is 87.0 cm³/mol. The highest BCUT2D eigenvalue weighted by Crippen LogP contribution is 2.29. The van der Waals surface area contributed by atoms with E-state index >= 15 is 0 Å². The van der Waals surface area contributed by atoms with Crippen LogP contribution in [0.25, 0.3) is 0 Å². The lowest BCUT2D eigenvalue weighted by molar-refractivity contribution is -0.142. The van der Waals surface area contributed by atoms with Gasteiger partial charge in [0.1, 0.15) is 11.4 Å². The molecule has 0 spiro atoms. The average molecular weight is 371 g/mol. The van der Waals surface area contributed by atoms with Gasteiger partial charge in [-0.1, -0.05) is 18.1 Å². The Kier molecular flexibility index (Phi) is 7.05. The lowest BCUT2D eigenvalue weighted by atomic mass is 9.94. The van der Waals surface area contributed by atoms with Gasteiger partial charge in [0, 0.05) is 12.2 Å². The molecule has 0 amide bonds. The number of benzene rings is 1. The van der Waals surface area contributed by atoms with Crippen LogP contribution in [0.1, 0.15) is 38.2 Å². The van der Waals surface area contributed by atoms with Crippen molar-refractivity contribution in [3.05, 3.63) is 34.1 Å². The van der Waals surface area contributed by atoms with Crippen molar-refractivity contribution in [1.82, 2.24) is 0 Å². The summed E-state index contributed by atoms with van der Waals surface area (Å²) in [7, 11) is 1.29. The number of terminal acetylenes is 1. The minimum absolute atomic E-state index is 0.317. The molecule has 0 N–H and O–H groups in total. The molecule has 1 rings (SSSR count). The molecule has 0 bridgehead atoms. The Labute approximate surface area is 139 Å². The van der Waals surface area contributed by atoms with E-state index < -0.39 is 23.3 Å². The molecule has 0 aromatic heterocycles. The minimum Gasteiger partial charge on any atom is -0.469 e. The van der Waals surface area contributed by atoms with Crippen molar-refractivity contribution in [2.45, 2.75) is 38.2 Å². The zero-order valence-electron chi connectivity index (χ0n) is 13.0. The van der Waals surface area contributed by atoms with E-state index in [-0.39, 0.29) is 0 Å². The molecule has 0 fully saturated rings. The van der Waals surface area contributed by atoms with Crippen LogP contribution in [0, 0.1) is 18.2 Å². The first-order valence-corrected chi connectivity index (χ1v) is 7.75. The summed E-state index contributed by atoms with van der Waals surface area (Å²) in [5.74, 6) is 0.958. The van der Waals surface area contributed by atoms with Gasteiger partial charge < -0.3 is 9.47 Å². The maximum Gasteiger partial charge on any atom is 0.313 e. The van der Waals surface area contributed by atoms with Gasteiger partial charge in [0.25, 0.3) is 0 Å². The third-order valence-corrected chi connectivity index (χ3v) is 3.90. The van der Waals surface area contributed by atoms with Gasteiger partial charge in [0.15, 0.2) is 0 Å². The number of esters is 1. The van der Waals surface area contributed by atoms with Crippen LogP contribution in [0.5, 0.6) is 0 Å². The third-order valence-electron chi connectivity index (χ3n) is 3.29. The number of hydrogen-bond donors (Lipinski definition) is 0. The van der Waals surface area contributed by atoms with Gasteiger partial charge in [-0.2, -0.15) is 0 Å². The second-order valence-corrected chi connectivity index (χ2v) is 6.22. The molecule has 1 unspecified atom stereocenters. The highest BCUT2D eigenvalue weighted by Gasteiger charge is 2.25. The molecule has 1 atom stereocenters. The van der Waals surface area contributed by atoms with Crippen molar-refractivity contribution in [1.29, 1.82) is 0 Å². The van der Waals surface area contributed by atoms with Gasteiger partial charge in [0.2, 0.25) is 0 Å². The molecular weight excluding hydrogens is 351 g/mol. The summed E-state index contributed by atoms with van der Waals surface area (Å²) < 4.78 is 24.8. The van der Waals surface area contributed by atoms with Crippen molar-refractivity contribution >= 4 is 21.9 Å². The van der Waals surface area contributed by atoms with Gasteiger partial charge >= 0.3 is 5.97 Å². The van der Waals surface area contributed by atoms with Crippen LogP contribution in [0.2, 0.25) is 0 Å². The molecule has 0 heterocycles. The van der Waals surface area contributed by atoms with Gasteiger partial charge in [-0.05, 0) is 48.7 Å². The first-order valence-electron chi connectivity index (χ1n) is 6.96. The summed E-state index contributed by atoms with van der Waals surface area (Å²) in [6, 6.07) is 4.87. The summed E-state index contributed by atoms with van der Waals surface area (Å²) >= 11 is 3.13. The molecule has 5 heteroatoms. The zero-order chi connectivity index (χ0) is 16.8. The van der Waals surface area contributed by atoms with E-state index in [1.165, 1.54) is 7.11 Å². The van der Waals surface area contributed by atoms with Crippen LogP contribution in [-0.2, 0) is 14.3 Å². The fourth-order valence-corrected chi connectivity index (χ4v) is 2.37. The number of carbonyl (C=O) groups excluding carboxylic acids is 1. The van der Waals surface area contributed by atoms with Gasteiger partial charge in [-0.15, -0.1) is 6.42 Å². The normalized spacial score (nSPS) is 12.5. The molecule has 3 nitrogen and oxygen atoms in total. The largest absolute Gasteiger partial charge is 0.469 e. The first kappa shape index (κ1) is 18.7. The zero-order valence-corrected chi connectivity index (χ0v) is 14.6. The second kappa shape index (κ2) is 8.30. The number of methoxy groups -OCH3 is 1. The monoisotopic (exact) mass is 370 g/mol. The molecule has 0 aliphatic heterocycles. The molecule has 0 saturated heterocycles. The summed E-state index contributed by atoms with van der Waals surface area (Å²) in [6.45, 7) is 3.97. The van der Waals surface area contributed by atoms with Gasteiger partial charge in [0.05, 0.1) is 17.5 Å². The van der Waals surface area contributed by atoms with E-state index in [1.807, 2.05) is 0 Å². The van der Waals surface area contributed by atoms with Crippen molar-refractivity contribution in [3.8, 4) is 12.3 Å². The summed E-state index contributed by atoms with van der Waals surface area (Å²) in [5.41, 5.74) is -0.334. The van der Waals surface area contributed by atoms with Gasteiger partial charge in [-0.3, -0.25) is 4.79 Å². The fourth-order valence-electron chi connectivity index (χ4n) is 1.99. The van der Waals surface area contributed by atoms with Crippen molar-refractivity contribution in [2.75, 3.05) is 13.7 Å². The van der Waals surface area contributed by atoms with E-state index in [1.54, 1.807) is 32.0 Å².